The van der Waals surface area contributed by atoms with Crippen LogP contribution in [0.15, 0.2) is 29.2 Å². The molecule has 0 aromatic heterocycles. The summed E-state index contributed by atoms with van der Waals surface area (Å²) in [4.78, 5) is 17.0. The SMILES string of the molecule is CN(C)CC1CC(O)CN1C(=O)CSc1ccc(F)cc1. The Labute approximate surface area is 128 Å². The monoisotopic (exact) mass is 312 g/mol. The van der Waals surface area contributed by atoms with Crippen molar-refractivity contribution < 1.29 is 14.3 Å². The van der Waals surface area contributed by atoms with Gasteiger partial charge in [-0.15, -0.1) is 11.8 Å². The molecule has 1 saturated heterocycles. The summed E-state index contributed by atoms with van der Waals surface area (Å²) in [5, 5.41) is 9.79. The van der Waals surface area contributed by atoms with Crippen molar-refractivity contribution in [1.82, 2.24) is 9.80 Å². The van der Waals surface area contributed by atoms with Gasteiger partial charge in [0.15, 0.2) is 0 Å². The lowest BCUT2D eigenvalue weighted by Crippen LogP contribution is -2.42. The summed E-state index contributed by atoms with van der Waals surface area (Å²) in [5.41, 5.74) is 0. The van der Waals surface area contributed by atoms with E-state index in [1.165, 1.54) is 23.9 Å². The molecule has 2 atom stereocenters. The fraction of sp³-hybridized carbons (Fsp3) is 0.533. The van der Waals surface area contributed by atoms with Crippen molar-refractivity contribution in [2.24, 2.45) is 0 Å². The predicted octanol–water partition coefficient (Wildman–Crippen LogP) is 1.44. The largest absolute Gasteiger partial charge is 0.391 e. The number of carbonyl (C=O) groups is 1. The van der Waals surface area contributed by atoms with E-state index >= 15 is 0 Å². The van der Waals surface area contributed by atoms with Gasteiger partial charge >= 0.3 is 0 Å². The van der Waals surface area contributed by atoms with E-state index in [0.29, 0.717) is 18.7 Å². The zero-order valence-corrected chi connectivity index (χ0v) is 13.1. The van der Waals surface area contributed by atoms with Gasteiger partial charge in [-0.3, -0.25) is 4.79 Å². The highest BCUT2D eigenvalue weighted by atomic mass is 32.2. The maximum absolute atomic E-state index is 12.8. The highest BCUT2D eigenvalue weighted by molar-refractivity contribution is 8.00. The van der Waals surface area contributed by atoms with Gasteiger partial charge < -0.3 is 14.9 Å². The van der Waals surface area contributed by atoms with Crippen LogP contribution in [0.4, 0.5) is 4.39 Å². The number of carbonyl (C=O) groups excluding carboxylic acids is 1. The average molecular weight is 312 g/mol. The van der Waals surface area contributed by atoms with Crippen molar-refractivity contribution in [2.75, 3.05) is 32.9 Å². The third-order valence-corrected chi connectivity index (χ3v) is 4.46. The van der Waals surface area contributed by atoms with E-state index in [0.717, 1.165) is 11.4 Å². The lowest BCUT2D eigenvalue weighted by Gasteiger charge is -2.26. The molecular formula is C15H21FN2O2S. The molecule has 0 aliphatic carbocycles. The minimum atomic E-state index is -0.435. The molecule has 1 N–H and O–H groups in total. The van der Waals surface area contributed by atoms with Gasteiger partial charge in [-0.25, -0.2) is 4.39 Å². The van der Waals surface area contributed by atoms with Crippen LogP contribution in [0.1, 0.15) is 6.42 Å². The second-order valence-electron chi connectivity index (χ2n) is 5.59. The number of thioether (sulfide) groups is 1. The van der Waals surface area contributed by atoms with Crippen molar-refractivity contribution >= 4 is 17.7 Å². The average Bonchev–Trinajstić information content (AvgIpc) is 2.78. The number of benzene rings is 1. The first-order chi connectivity index (χ1) is 9.95. The topological polar surface area (TPSA) is 43.8 Å². The molecule has 0 spiro atoms. The van der Waals surface area contributed by atoms with Gasteiger partial charge in [0.2, 0.25) is 5.91 Å². The van der Waals surface area contributed by atoms with E-state index in [9.17, 15) is 14.3 Å². The quantitative estimate of drug-likeness (QED) is 0.836. The lowest BCUT2D eigenvalue weighted by atomic mass is 10.2. The molecule has 1 amide bonds. The number of nitrogens with zero attached hydrogens (tertiary/aromatic N) is 2. The number of halogens is 1. The van der Waals surface area contributed by atoms with Crippen LogP contribution in [0.3, 0.4) is 0 Å². The molecule has 0 radical (unpaired) electrons. The second kappa shape index (κ2) is 7.24. The van der Waals surface area contributed by atoms with Gasteiger partial charge in [0.1, 0.15) is 5.82 Å². The van der Waals surface area contributed by atoms with Crippen molar-refractivity contribution in [2.45, 2.75) is 23.5 Å². The number of hydrogen-bond donors (Lipinski definition) is 1. The molecule has 1 aromatic carbocycles. The summed E-state index contributed by atoms with van der Waals surface area (Å²) in [5.74, 6) is 0.0505. The van der Waals surface area contributed by atoms with Gasteiger partial charge in [-0.05, 0) is 44.8 Å². The maximum Gasteiger partial charge on any atom is 0.233 e. The number of rotatable bonds is 5. The van der Waals surface area contributed by atoms with Gasteiger partial charge in [0.05, 0.1) is 11.9 Å². The second-order valence-corrected chi connectivity index (χ2v) is 6.64. The molecule has 116 valence electrons. The number of aliphatic hydroxyl groups is 1. The Balaban J connectivity index is 1.90. The molecule has 1 fully saturated rings. The fourth-order valence-electron chi connectivity index (χ4n) is 2.55. The van der Waals surface area contributed by atoms with Crippen LogP contribution in [-0.2, 0) is 4.79 Å². The zero-order valence-electron chi connectivity index (χ0n) is 12.3. The van der Waals surface area contributed by atoms with Crippen LogP contribution in [0.25, 0.3) is 0 Å². The van der Waals surface area contributed by atoms with Crippen LogP contribution in [0.2, 0.25) is 0 Å². The van der Waals surface area contributed by atoms with E-state index in [1.807, 2.05) is 19.0 Å². The normalized spacial score (nSPS) is 22.0. The summed E-state index contributed by atoms with van der Waals surface area (Å²) in [6.45, 7) is 1.16. The smallest absolute Gasteiger partial charge is 0.233 e. The number of likely N-dealkylation sites (tertiary alicyclic amines) is 1. The first-order valence-electron chi connectivity index (χ1n) is 6.96. The zero-order chi connectivity index (χ0) is 15.4. The van der Waals surface area contributed by atoms with E-state index in [-0.39, 0.29) is 17.8 Å². The molecular weight excluding hydrogens is 291 g/mol. The Morgan fingerprint density at radius 2 is 2.10 bits per heavy atom. The summed E-state index contributed by atoms with van der Waals surface area (Å²) >= 11 is 1.39. The van der Waals surface area contributed by atoms with Crippen LogP contribution in [0, 0.1) is 5.82 Å². The fourth-order valence-corrected chi connectivity index (χ4v) is 3.34. The number of likely N-dealkylation sites (N-methyl/N-ethyl adjacent to an activating group) is 1. The number of amides is 1. The summed E-state index contributed by atoms with van der Waals surface area (Å²) in [6, 6.07) is 6.19. The first-order valence-corrected chi connectivity index (χ1v) is 7.95. The van der Waals surface area contributed by atoms with Gasteiger partial charge in [0.25, 0.3) is 0 Å². The number of aliphatic hydroxyl groups excluding tert-OH is 1. The van der Waals surface area contributed by atoms with Crippen molar-refractivity contribution in [1.29, 1.82) is 0 Å². The maximum atomic E-state index is 12.8. The van der Waals surface area contributed by atoms with Crippen molar-refractivity contribution in [3.05, 3.63) is 30.1 Å². The number of hydrogen-bond acceptors (Lipinski definition) is 4. The standard InChI is InChI=1S/C15H21FN2O2S/c1-17(2)8-12-7-13(19)9-18(12)15(20)10-21-14-5-3-11(16)4-6-14/h3-6,12-13,19H,7-10H2,1-2H3. The molecule has 2 unspecified atom stereocenters. The third-order valence-electron chi connectivity index (χ3n) is 3.46. The Bertz CT molecular complexity index is 481. The van der Waals surface area contributed by atoms with Crippen molar-refractivity contribution in [3.8, 4) is 0 Å². The molecule has 2 rings (SSSR count). The Hall–Kier alpha value is -1.11. The molecule has 1 aromatic rings. The van der Waals surface area contributed by atoms with Gasteiger partial charge in [-0.1, -0.05) is 0 Å². The summed E-state index contributed by atoms with van der Waals surface area (Å²) in [7, 11) is 3.92. The Kier molecular flexibility index (Phi) is 5.61. The van der Waals surface area contributed by atoms with E-state index in [4.69, 9.17) is 0 Å². The molecule has 1 aliphatic rings. The predicted molar refractivity (Wildman–Crippen MR) is 81.8 cm³/mol. The van der Waals surface area contributed by atoms with Crippen LogP contribution in [-0.4, -0.2) is 65.9 Å². The molecule has 0 saturated carbocycles. The molecule has 1 heterocycles. The van der Waals surface area contributed by atoms with E-state index in [1.54, 1.807) is 17.0 Å². The van der Waals surface area contributed by atoms with Crippen molar-refractivity contribution in [3.63, 3.8) is 0 Å². The molecule has 6 heteroatoms. The third kappa shape index (κ3) is 4.69. The first kappa shape index (κ1) is 16.3. The summed E-state index contributed by atoms with van der Waals surface area (Å²) in [6.07, 6.45) is 0.195. The van der Waals surface area contributed by atoms with Crippen LogP contribution >= 0.6 is 11.8 Å². The summed E-state index contributed by atoms with van der Waals surface area (Å²) < 4.78 is 12.8. The van der Waals surface area contributed by atoms with Crippen LogP contribution in [0.5, 0.6) is 0 Å². The minimum absolute atomic E-state index is 0.0210. The highest BCUT2D eigenvalue weighted by Gasteiger charge is 2.34. The van der Waals surface area contributed by atoms with Crippen LogP contribution < -0.4 is 0 Å². The molecule has 0 bridgehead atoms. The van der Waals surface area contributed by atoms with Gasteiger partial charge in [-0.2, -0.15) is 0 Å². The van der Waals surface area contributed by atoms with E-state index in [2.05, 4.69) is 0 Å². The van der Waals surface area contributed by atoms with Gasteiger partial charge in [0, 0.05) is 24.0 Å². The Morgan fingerprint density at radius 3 is 2.71 bits per heavy atom. The minimum Gasteiger partial charge on any atom is -0.391 e. The number of β-amino-alcohol motifs (C(OH)–C–C–N with tert-alkyl or cyclic N) is 1. The molecule has 1 aliphatic heterocycles. The highest BCUT2D eigenvalue weighted by Crippen LogP contribution is 2.23. The molecule has 4 nitrogen and oxygen atoms in total. The van der Waals surface area contributed by atoms with E-state index < -0.39 is 6.10 Å². The lowest BCUT2D eigenvalue weighted by molar-refractivity contribution is -0.129. The molecule has 21 heavy (non-hydrogen) atoms. The Morgan fingerprint density at radius 1 is 1.43 bits per heavy atom.